The van der Waals surface area contributed by atoms with Gasteiger partial charge in [0.1, 0.15) is 29.7 Å². The first kappa shape index (κ1) is 25.7. The molecule has 186 valence electrons. The quantitative estimate of drug-likeness (QED) is 0.514. The number of amides is 2. The van der Waals surface area contributed by atoms with Gasteiger partial charge in [0.05, 0.1) is 25.6 Å². The number of nitrogens with zero attached hydrogens (tertiary/aromatic N) is 3. The molecule has 0 saturated carbocycles. The molecule has 0 unspecified atom stereocenters. The minimum Gasteiger partial charge on any atom is -0.497 e. The minimum absolute atomic E-state index is 0.172. The highest BCUT2D eigenvalue weighted by Gasteiger charge is 2.23. The lowest BCUT2D eigenvalue weighted by Gasteiger charge is -2.21. The van der Waals surface area contributed by atoms with Crippen LogP contribution in [0.1, 0.15) is 43.7 Å². The third kappa shape index (κ3) is 6.17. The lowest BCUT2D eigenvalue weighted by Crippen LogP contribution is -2.38. The van der Waals surface area contributed by atoms with Crippen LogP contribution in [0.3, 0.4) is 0 Å². The first-order chi connectivity index (χ1) is 16.5. The number of hydrogen-bond acceptors (Lipinski definition) is 5. The summed E-state index contributed by atoms with van der Waals surface area (Å²) in [7, 11) is 3.01. The fourth-order valence-corrected chi connectivity index (χ4v) is 3.41. The molecule has 0 aliphatic heterocycles. The van der Waals surface area contributed by atoms with E-state index >= 15 is 0 Å². The third-order valence-corrected chi connectivity index (χ3v) is 5.42. The van der Waals surface area contributed by atoms with Crippen molar-refractivity contribution < 1.29 is 23.5 Å². The second-order valence-corrected chi connectivity index (χ2v) is 9.02. The molecule has 0 atom stereocenters. The molecule has 3 aromatic rings. The van der Waals surface area contributed by atoms with Gasteiger partial charge >= 0.3 is 0 Å². The molecule has 3 rings (SSSR count). The van der Waals surface area contributed by atoms with Crippen LogP contribution in [0.25, 0.3) is 5.69 Å². The number of rotatable bonds is 8. The molecule has 1 N–H and O–H groups in total. The van der Waals surface area contributed by atoms with E-state index in [9.17, 15) is 14.0 Å². The van der Waals surface area contributed by atoms with Crippen LogP contribution in [0.15, 0.2) is 48.5 Å². The molecule has 2 aromatic carbocycles. The fourth-order valence-electron chi connectivity index (χ4n) is 3.41. The highest BCUT2D eigenvalue weighted by Crippen LogP contribution is 2.27. The molecular weight excluding hydrogens is 451 g/mol. The van der Waals surface area contributed by atoms with Crippen molar-refractivity contribution in [2.24, 2.45) is 0 Å². The summed E-state index contributed by atoms with van der Waals surface area (Å²) in [5, 5.41) is 7.48. The van der Waals surface area contributed by atoms with Crippen LogP contribution in [0.4, 0.5) is 10.2 Å². The van der Waals surface area contributed by atoms with Crippen molar-refractivity contribution in [3.63, 3.8) is 0 Å². The predicted molar refractivity (Wildman–Crippen MR) is 132 cm³/mol. The van der Waals surface area contributed by atoms with Crippen molar-refractivity contribution >= 4 is 17.6 Å². The molecule has 0 bridgehead atoms. The number of hydrogen-bond donors (Lipinski definition) is 1. The summed E-state index contributed by atoms with van der Waals surface area (Å²) < 4.78 is 25.5. The highest BCUT2D eigenvalue weighted by molar-refractivity contribution is 5.99. The molecular formula is C26H31FN4O4. The Morgan fingerprint density at radius 2 is 1.63 bits per heavy atom. The Labute approximate surface area is 204 Å². The van der Waals surface area contributed by atoms with Crippen LogP contribution < -0.4 is 14.8 Å². The van der Waals surface area contributed by atoms with E-state index in [4.69, 9.17) is 9.47 Å². The van der Waals surface area contributed by atoms with E-state index in [0.29, 0.717) is 35.1 Å². The molecule has 0 aliphatic carbocycles. The van der Waals surface area contributed by atoms with Gasteiger partial charge in [0, 0.05) is 29.7 Å². The number of nitrogens with one attached hydrogen (secondary N) is 1. The SMILES string of the molecule is CCN(CC(=O)Nc1cc(C(C)(C)C)nn1-c1ccc(F)cc1)C(=O)c1cc(OC)cc(OC)c1. The fraction of sp³-hybridized carbons (Fsp3) is 0.346. The summed E-state index contributed by atoms with van der Waals surface area (Å²) in [5.41, 5.74) is 1.43. The Hall–Kier alpha value is -3.88. The zero-order valence-electron chi connectivity index (χ0n) is 20.9. The van der Waals surface area contributed by atoms with Crippen LogP contribution in [0.5, 0.6) is 11.5 Å². The standard InChI is InChI=1S/C26H31FN4O4/c1-7-30(25(33)17-12-20(34-5)14-21(13-17)35-6)16-24(32)28-23-15-22(26(2,3)4)29-31(23)19-10-8-18(27)9-11-19/h8-15H,7,16H2,1-6H3,(H,28,32). The molecule has 0 radical (unpaired) electrons. The number of carbonyl (C=O) groups is 2. The van der Waals surface area contributed by atoms with Gasteiger partial charge in [-0.15, -0.1) is 0 Å². The maximum absolute atomic E-state index is 13.4. The molecule has 1 aromatic heterocycles. The van der Waals surface area contributed by atoms with Gasteiger partial charge < -0.3 is 19.7 Å². The second-order valence-electron chi connectivity index (χ2n) is 9.02. The average Bonchev–Trinajstić information content (AvgIpc) is 3.26. The molecule has 0 aliphatic rings. The molecule has 0 saturated heterocycles. The Kier molecular flexibility index (Phi) is 7.78. The van der Waals surface area contributed by atoms with E-state index in [1.807, 2.05) is 20.8 Å². The summed E-state index contributed by atoms with van der Waals surface area (Å²) in [6, 6.07) is 12.5. The Bertz CT molecular complexity index is 1180. The average molecular weight is 483 g/mol. The largest absolute Gasteiger partial charge is 0.497 e. The van der Waals surface area contributed by atoms with Crippen molar-refractivity contribution in [1.29, 1.82) is 0 Å². The summed E-state index contributed by atoms with van der Waals surface area (Å²) in [4.78, 5) is 27.6. The van der Waals surface area contributed by atoms with Gasteiger partial charge in [0.2, 0.25) is 5.91 Å². The van der Waals surface area contributed by atoms with Crippen molar-refractivity contribution in [3.05, 3.63) is 65.6 Å². The number of anilines is 1. The van der Waals surface area contributed by atoms with Gasteiger partial charge in [-0.05, 0) is 43.3 Å². The topological polar surface area (TPSA) is 85.7 Å². The van der Waals surface area contributed by atoms with Crippen LogP contribution in [-0.4, -0.2) is 53.8 Å². The van der Waals surface area contributed by atoms with Gasteiger partial charge in [0.25, 0.3) is 5.91 Å². The van der Waals surface area contributed by atoms with E-state index in [2.05, 4.69) is 10.4 Å². The number of likely N-dealkylation sites (N-methyl/N-ethyl adjacent to an activating group) is 1. The van der Waals surface area contributed by atoms with Crippen molar-refractivity contribution in [2.75, 3.05) is 32.6 Å². The number of methoxy groups -OCH3 is 2. The van der Waals surface area contributed by atoms with E-state index in [1.165, 1.54) is 31.3 Å². The first-order valence-electron chi connectivity index (χ1n) is 11.2. The maximum Gasteiger partial charge on any atom is 0.254 e. The zero-order chi connectivity index (χ0) is 25.8. The van der Waals surface area contributed by atoms with Crippen molar-refractivity contribution in [1.82, 2.24) is 14.7 Å². The summed E-state index contributed by atoms with van der Waals surface area (Å²) in [5.74, 6) is 0.296. The molecule has 9 heteroatoms. The Morgan fingerprint density at radius 3 is 2.14 bits per heavy atom. The van der Waals surface area contributed by atoms with E-state index < -0.39 is 5.91 Å². The van der Waals surface area contributed by atoms with Gasteiger partial charge in [-0.1, -0.05) is 20.8 Å². The maximum atomic E-state index is 13.4. The number of aromatic nitrogens is 2. The molecule has 0 fully saturated rings. The van der Waals surface area contributed by atoms with Gasteiger partial charge in [-0.2, -0.15) is 5.10 Å². The monoisotopic (exact) mass is 482 g/mol. The predicted octanol–water partition coefficient (Wildman–Crippen LogP) is 4.43. The molecule has 8 nitrogen and oxygen atoms in total. The van der Waals surface area contributed by atoms with Gasteiger partial charge in [0.15, 0.2) is 0 Å². The number of benzene rings is 2. The molecule has 35 heavy (non-hydrogen) atoms. The normalized spacial score (nSPS) is 11.2. The van der Waals surface area contributed by atoms with Crippen LogP contribution in [0.2, 0.25) is 0 Å². The van der Waals surface area contributed by atoms with Crippen molar-refractivity contribution in [2.45, 2.75) is 33.1 Å². The van der Waals surface area contributed by atoms with E-state index in [0.717, 1.165) is 5.69 Å². The summed E-state index contributed by atoms with van der Waals surface area (Å²) in [6.07, 6.45) is 0. The number of carbonyl (C=O) groups excluding carboxylic acids is 2. The van der Waals surface area contributed by atoms with Crippen LogP contribution >= 0.6 is 0 Å². The van der Waals surface area contributed by atoms with E-state index in [-0.39, 0.29) is 23.7 Å². The molecule has 2 amide bonds. The van der Waals surface area contributed by atoms with Gasteiger partial charge in [-0.25, -0.2) is 9.07 Å². The van der Waals surface area contributed by atoms with Crippen LogP contribution in [0, 0.1) is 5.82 Å². The smallest absolute Gasteiger partial charge is 0.254 e. The minimum atomic E-state index is -0.390. The number of halogens is 1. The lowest BCUT2D eigenvalue weighted by atomic mass is 9.92. The highest BCUT2D eigenvalue weighted by atomic mass is 19.1. The summed E-state index contributed by atoms with van der Waals surface area (Å²) >= 11 is 0. The first-order valence-corrected chi connectivity index (χ1v) is 11.2. The zero-order valence-corrected chi connectivity index (χ0v) is 20.9. The van der Waals surface area contributed by atoms with Crippen molar-refractivity contribution in [3.8, 4) is 17.2 Å². The Balaban J connectivity index is 1.84. The van der Waals surface area contributed by atoms with Gasteiger partial charge in [-0.3, -0.25) is 9.59 Å². The number of ether oxygens (including phenoxy) is 2. The summed E-state index contributed by atoms with van der Waals surface area (Å²) in [6.45, 7) is 7.97. The molecule has 1 heterocycles. The Morgan fingerprint density at radius 1 is 1.03 bits per heavy atom. The lowest BCUT2D eigenvalue weighted by molar-refractivity contribution is -0.116. The van der Waals surface area contributed by atoms with E-state index in [1.54, 1.807) is 48.0 Å². The molecule has 0 spiro atoms. The third-order valence-electron chi connectivity index (χ3n) is 5.42. The van der Waals surface area contributed by atoms with Crippen LogP contribution in [-0.2, 0) is 10.2 Å². The second kappa shape index (κ2) is 10.6.